The second-order valence-electron chi connectivity index (χ2n) is 5.77. The van der Waals surface area contributed by atoms with Crippen LogP contribution in [0.25, 0.3) is 11.3 Å². The number of pyridine rings is 1. The highest BCUT2D eigenvalue weighted by atomic mass is 16.5. The summed E-state index contributed by atoms with van der Waals surface area (Å²) in [6.45, 7) is 2.40. The second-order valence-corrected chi connectivity index (χ2v) is 5.77. The van der Waals surface area contributed by atoms with Crippen LogP contribution >= 0.6 is 0 Å². The number of aromatic nitrogens is 1. The van der Waals surface area contributed by atoms with Gasteiger partial charge in [0.25, 0.3) is 0 Å². The molecule has 0 atom stereocenters. The van der Waals surface area contributed by atoms with Gasteiger partial charge in [-0.05, 0) is 37.1 Å². The lowest BCUT2D eigenvalue weighted by Gasteiger charge is -2.25. The van der Waals surface area contributed by atoms with E-state index in [-0.39, 0.29) is 17.7 Å². The summed E-state index contributed by atoms with van der Waals surface area (Å²) < 4.78 is 17.4. The van der Waals surface area contributed by atoms with Crippen LogP contribution in [0, 0.1) is 16.7 Å². The number of carbonyl (C=O) groups excluding carboxylic acids is 1. The fourth-order valence-electron chi connectivity index (χ4n) is 3.23. The third-order valence-electron chi connectivity index (χ3n) is 4.42. The number of aryl methyl sites for hydroxylation is 1. The summed E-state index contributed by atoms with van der Waals surface area (Å²) in [7, 11) is 3.12. The van der Waals surface area contributed by atoms with E-state index in [1.807, 2.05) is 12.1 Å². The first kappa shape index (κ1) is 17.5. The molecule has 0 unspecified atom stereocenters. The van der Waals surface area contributed by atoms with Crippen molar-refractivity contribution in [2.24, 2.45) is 0 Å². The highest BCUT2D eigenvalue weighted by molar-refractivity contribution is 5.90. The van der Waals surface area contributed by atoms with Crippen LogP contribution in [0.15, 0.2) is 18.2 Å². The van der Waals surface area contributed by atoms with Gasteiger partial charge in [0.2, 0.25) is 0 Å². The topological polar surface area (TPSA) is 97.3 Å². The average Bonchev–Trinajstić information content (AvgIpc) is 2.66. The Bertz CT molecular complexity index is 986. The van der Waals surface area contributed by atoms with Gasteiger partial charge in [-0.1, -0.05) is 0 Å². The molecule has 0 radical (unpaired) electrons. The third-order valence-corrected chi connectivity index (χ3v) is 4.42. The third kappa shape index (κ3) is 2.69. The smallest absolute Gasteiger partial charge is 0.341 e. The molecule has 7 nitrogen and oxygen atoms in total. The predicted molar refractivity (Wildman–Crippen MR) is 93.2 cm³/mol. The monoisotopic (exact) mass is 353 g/mol. The number of nitriles is 1. The molecule has 2 heterocycles. The fourth-order valence-corrected chi connectivity index (χ4v) is 3.23. The molecule has 7 heteroatoms. The molecule has 0 saturated carbocycles. The lowest BCUT2D eigenvalue weighted by Crippen LogP contribution is -2.32. The first-order valence-corrected chi connectivity index (χ1v) is 8.20. The largest absolute Gasteiger partial charge is 0.493 e. The van der Waals surface area contributed by atoms with E-state index in [1.165, 1.54) is 6.07 Å². The number of esters is 1. The molecule has 0 spiro atoms. The molecular formula is C19H19N3O4. The Hall–Kier alpha value is -3.27. The Morgan fingerprint density at radius 2 is 1.96 bits per heavy atom. The number of fused-ring (bicyclic) bond motifs is 3. The van der Waals surface area contributed by atoms with Gasteiger partial charge in [-0.2, -0.15) is 5.26 Å². The van der Waals surface area contributed by atoms with Crippen LogP contribution in [-0.2, 0) is 17.7 Å². The molecule has 26 heavy (non-hydrogen) atoms. The molecule has 1 aromatic heterocycles. The van der Waals surface area contributed by atoms with E-state index in [0.29, 0.717) is 35.7 Å². The van der Waals surface area contributed by atoms with Gasteiger partial charge in [0.1, 0.15) is 17.1 Å². The van der Waals surface area contributed by atoms with Crippen LogP contribution in [0.1, 0.15) is 28.4 Å². The van der Waals surface area contributed by atoms with E-state index in [9.17, 15) is 10.1 Å². The van der Waals surface area contributed by atoms with E-state index >= 15 is 0 Å². The SMILES string of the molecule is CCOC(=O)c1cc(C#N)c2n(c1=N)CCc1cc(OC)c(OC)cc1-2. The van der Waals surface area contributed by atoms with E-state index < -0.39 is 5.97 Å². The number of rotatable bonds is 4. The zero-order valence-corrected chi connectivity index (χ0v) is 14.9. The van der Waals surface area contributed by atoms with Gasteiger partial charge in [0, 0.05) is 12.1 Å². The Balaban J connectivity index is 2.29. The van der Waals surface area contributed by atoms with Gasteiger partial charge >= 0.3 is 5.97 Å². The number of methoxy groups -OCH3 is 2. The molecule has 1 aliphatic rings. The minimum Gasteiger partial charge on any atom is -0.493 e. The molecule has 1 N–H and O–H groups in total. The minimum atomic E-state index is -0.595. The molecular weight excluding hydrogens is 334 g/mol. The maximum Gasteiger partial charge on any atom is 0.341 e. The van der Waals surface area contributed by atoms with Gasteiger partial charge < -0.3 is 18.8 Å². The first-order chi connectivity index (χ1) is 12.5. The minimum absolute atomic E-state index is 0.0397. The molecule has 3 rings (SSSR count). The van der Waals surface area contributed by atoms with Crippen molar-refractivity contribution in [2.75, 3.05) is 20.8 Å². The van der Waals surface area contributed by atoms with Crippen molar-refractivity contribution >= 4 is 5.97 Å². The van der Waals surface area contributed by atoms with Crippen molar-refractivity contribution in [3.8, 4) is 28.8 Å². The molecule has 0 amide bonds. The standard InChI is InChI=1S/C19H19N3O4/c1-4-26-19(23)14-7-12(10-20)17-13-9-16(25-3)15(24-2)8-11(13)5-6-22(17)18(14)21/h7-9,21H,4-6H2,1-3H3. The summed E-state index contributed by atoms with van der Waals surface area (Å²) >= 11 is 0. The molecule has 0 aliphatic carbocycles. The summed E-state index contributed by atoms with van der Waals surface area (Å²) in [6, 6.07) is 7.27. The summed E-state index contributed by atoms with van der Waals surface area (Å²) in [5.41, 5.74) is 2.86. The second kappa shape index (κ2) is 6.92. The summed E-state index contributed by atoms with van der Waals surface area (Å²) in [6.07, 6.45) is 0.649. The quantitative estimate of drug-likeness (QED) is 0.850. The summed E-state index contributed by atoms with van der Waals surface area (Å²) in [5.74, 6) is 0.569. The van der Waals surface area contributed by atoms with Gasteiger partial charge in [0.05, 0.1) is 32.1 Å². The lowest BCUT2D eigenvalue weighted by atomic mass is 9.93. The van der Waals surface area contributed by atoms with Crippen molar-refractivity contribution in [1.82, 2.24) is 4.57 Å². The number of hydrogen-bond acceptors (Lipinski definition) is 6. The first-order valence-electron chi connectivity index (χ1n) is 8.20. The van der Waals surface area contributed by atoms with Gasteiger partial charge in [-0.25, -0.2) is 4.79 Å². The number of hydrogen-bond donors (Lipinski definition) is 1. The van der Waals surface area contributed by atoms with E-state index in [2.05, 4.69) is 6.07 Å². The van der Waals surface area contributed by atoms with Gasteiger partial charge in [-0.3, -0.25) is 5.41 Å². The Kier molecular flexibility index (Phi) is 4.67. The maximum absolute atomic E-state index is 12.1. The molecule has 0 bridgehead atoms. The van der Waals surface area contributed by atoms with E-state index in [0.717, 1.165) is 11.1 Å². The van der Waals surface area contributed by atoms with Crippen molar-refractivity contribution in [2.45, 2.75) is 19.9 Å². The van der Waals surface area contributed by atoms with Crippen LogP contribution < -0.4 is 15.0 Å². The zero-order valence-electron chi connectivity index (χ0n) is 14.9. The normalized spacial score (nSPS) is 11.8. The highest BCUT2D eigenvalue weighted by Crippen LogP contribution is 2.39. The molecule has 0 fully saturated rings. The number of nitrogens with one attached hydrogen (secondary N) is 1. The summed E-state index contributed by atoms with van der Waals surface area (Å²) in [4.78, 5) is 12.1. The van der Waals surface area contributed by atoms with Crippen molar-refractivity contribution in [3.05, 3.63) is 40.4 Å². The fraction of sp³-hybridized carbons (Fsp3) is 0.316. The summed E-state index contributed by atoms with van der Waals surface area (Å²) in [5, 5.41) is 18.1. The van der Waals surface area contributed by atoms with Crippen LogP contribution in [0.2, 0.25) is 0 Å². The lowest BCUT2D eigenvalue weighted by molar-refractivity contribution is 0.0522. The Morgan fingerprint density at radius 1 is 1.27 bits per heavy atom. The van der Waals surface area contributed by atoms with Crippen LogP contribution in [0.3, 0.4) is 0 Å². The van der Waals surface area contributed by atoms with Gasteiger partial charge in [0.15, 0.2) is 11.5 Å². The van der Waals surface area contributed by atoms with Crippen LogP contribution in [0.4, 0.5) is 0 Å². The zero-order chi connectivity index (χ0) is 18.8. The number of ether oxygens (including phenoxy) is 3. The molecule has 0 saturated heterocycles. The van der Waals surface area contributed by atoms with E-state index in [1.54, 1.807) is 25.7 Å². The number of nitrogens with zero attached hydrogens (tertiary/aromatic N) is 2. The van der Waals surface area contributed by atoms with Gasteiger partial charge in [-0.15, -0.1) is 0 Å². The Morgan fingerprint density at radius 3 is 2.58 bits per heavy atom. The van der Waals surface area contributed by atoms with Crippen molar-refractivity contribution in [1.29, 1.82) is 10.7 Å². The highest BCUT2D eigenvalue weighted by Gasteiger charge is 2.25. The number of carbonyl (C=O) groups is 1. The molecule has 1 aliphatic heterocycles. The van der Waals surface area contributed by atoms with Crippen LogP contribution in [0.5, 0.6) is 11.5 Å². The van der Waals surface area contributed by atoms with E-state index in [4.69, 9.17) is 19.6 Å². The van der Waals surface area contributed by atoms with Crippen molar-refractivity contribution < 1.29 is 19.0 Å². The van der Waals surface area contributed by atoms with Crippen molar-refractivity contribution in [3.63, 3.8) is 0 Å². The molecule has 1 aromatic carbocycles. The molecule has 134 valence electrons. The number of benzene rings is 1. The predicted octanol–water partition coefficient (Wildman–Crippen LogP) is 2.26. The Labute approximate surface area is 150 Å². The van der Waals surface area contributed by atoms with Crippen LogP contribution in [-0.4, -0.2) is 31.4 Å². The maximum atomic E-state index is 12.1. The molecule has 2 aromatic rings. The average molecular weight is 353 g/mol.